The van der Waals surface area contributed by atoms with Crippen molar-refractivity contribution in [1.29, 1.82) is 0 Å². The van der Waals surface area contributed by atoms with E-state index >= 15 is 0 Å². The van der Waals surface area contributed by atoms with Crippen LogP contribution in [0.15, 0.2) is 0 Å². The third-order valence-electron chi connectivity index (χ3n) is 7.72. The van der Waals surface area contributed by atoms with E-state index in [2.05, 4.69) is 10.6 Å². The van der Waals surface area contributed by atoms with Crippen LogP contribution in [0, 0.1) is 11.8 Å². The molecule has 0 bridgehead atoms. The van der Waals surface area contributed by atoms with Crippen molar-refractivity contribution in [2.45, 2.75) is 108 Å². The second-order valence-electron chi connectivity index (χ2n) is 10.0. The molecule has 4 amide bonds. The van der Waals surface area contributed by atoms with E-state index in [4.69, 9.17) is 0 Å². The van der Waals surface area contributed by atoms with Gasteiger partial charge in [-0.05, 0) is 50.4 Å². The number of carbonyl (C=O) groups excluding carboxylic acids is 2. The van der Waals surface area contributed by atoms with Crippen LogP contribution < -0.4 is 15.5 Å². The van der Waals surface area contributed by atoms with Gasteiger partial charge in [0.15, 0.2) is 0 Å². The summed E-state index contributed by atoms with van der Waals surface area (Å²) >= 11 is 1.58. The fourth-order valence-corrected chi connectivity index (χ4v) is 7.24. The smallest absolute Gasteiger partial charge is 0.338 e. The third-order valence-corrected chi connectivity index (χ3v) is 8.87. The van der Waals surface area contributed by atoms with Gasteiger partial charge < -0.3 is 5.32 Å². The molecule has 1 saturated heterocycles. The molecule has 7 heteroatoms. The van der Waals surface area contributed by atoms with Gasteiger partial charge in [0.1, 0.15) is 0 Å². The molecule has 0 aromatic carbocycles. The van der Waals surface area contributed by atoms with E-state index in [1.54, 1.807) is 11.9 Å². The Hall–Kier alpha value is -0.950. The number of amides is 4. The highest BCUT2D eigenvalue weighted by Gasteiger charge is 2.49. The van der Waals surface area contributed by atoms with Crippen LogP contribution in [-0.2, 0) is 0 Å². The van der Waals surface area contributed by atoms with Gasteiger partial charge in [-0.1, -0.05) is 44.9 Å². The number of urea groups is 2. The minimum Gasteiger partial charge on any atom is -0.338 e. The van der Waals surface area contributed by atoms with Crippen LogP contribution in [0.1, 0.15) is 96.3 Å². The van der Waals surface area contributed by atoms with Gasteiger partial charge >= 0.3 is 12.1 Å². The van der Waals surface area contributed by atoms with Crippen LogP contribution in [-0.4, -0.2) is 41.0 Å². The average Bonchev–Trinajstić information content (AvgIpc) is 3.08. The molecular formula is C23H41N4O2S+. The largest absolute Gasteiger partial charge is 0.430 e. The normalized spacial score (nSPS) is 29.9. The zero-order valence-electron chi connectivity index (χ0n) is 18.5. The van der Waals surface area contributed by atoms with Crippen molar-refractivity contribution in [1.82, 2.24) is 14.9 Å². The van der Waals surface area contributed by atoms with Crippen LogP contribution >= 0.6 is 11.9 Å². The zero-order chi connectivity index (χ0) is 20.8. The summed E-state index contributed by atoms with van der Waals surface area (Å²) in [5, 5.41) is 6.28. The molecule has 4 fully saturated rings. The van der Waals surface area contributed by atoms with E-state index < -0.39 is 0 Å². The Morgan fingerprint density at radius 3 is 2.07 bits per heavy atom. The van der Waals surface area contributed by atoms with E-state index in [0.29, 0.717) is 17.9 Å². The third kappa shape index (κ3) is 5.84. The molecule has 0 radical (unpaired) electrons. The summed E-state index contributed by atoms with van der Waals surface area (Å²) in [5.74, 6) is 1.24. The molecule has 2 atom stereocenters. The number of rotatable bonds is 6. The van der Waals surface area contributed by atoms with E-state index in [0.717, 1.165) is 30.8 Å². The van der Waals surface area contributed by atoms with Gasteiger partial charge in [0.25, 0.3) is 0 Å². The van der Waals surface area contributed by atoms with Crippen molar-refractivity contribution >= 4 is 24.0 Å². The van der Waals surface area contributed by atoms with Gasteiger partial charge in [0.05, 0.1) is 6.04 Å². The summed E-state index contributed by atoms with van der Waals surface area (Å²) in [6.45, 7) is 1.61. The lowest BCUT2D eigenvalue weighted by Crippen LogP contribution is -3.21. The van der Waals surface area contributed by atoms with Crippen molar-refractivity contribution in [2.75, 3.05) is 13.1 Å². The molecule has 4 aliphatic rings. The van der Waals surface area contributed by atoms with Crippen molar-refractivity contribution < 1.29 is 14.5 Å². The fourth-order valence-electron chi connectivity index (χ4n) is 5.92. The van der Waals surface area contributed by atoms with E-state index in [1.165, 1.54) is 83.5 Å². The Labute approximate surface area is 186 Å². The molecule has 4 rings (SSSR count). The molecule has 0 spiro atoms. The van der Waals surface area contributed by atoms with Crippen LogP contribution in [0.4, 0.5) is 9.59 Å². The Morgan fingerprint density at radius 2 is 1.43 bits per heavy atom. The molecule has 170 valence electrons. The zero-order valence-corrected chi connectivity index (χ0v) is 19.3. The maximum Gasteiger partial charge on any atom is 0.430 e. The summed E-state index contributed by atoms with van der Waals surface area (Å²) in [6.07, 6.45) is 18.6. The van der Waals surface area contributed by atoms with Crippen molar-refractivity contribution in [3.63, 3.8) is 0 Å². The number of nitrogens with one attached hydrogen (secondary N) is 3. The minimum atomic E-state index is -0.185. The van der Waals surface area contributed by atoms with Gasteiger partial charge in [0.2, 0.25) is 5.50 Å². The molecule has 3 aliphatic carbocycles. The predicted octanol–water partition coefficient (Wildman–Crippen LogP) is 4.03. The number of quaternary nitrogens is 1. The highest BCUT2D eigenvalue weighted by Crippen LogP contribution is 2.29. The molecule has 30 heavy (non-hydrogen) atoms. The topological polar surface area (TPSA) is 65.9 Å². The highest BCUT2D eigenvalue weighted by molar-refractivity contribution is 7.98. The predicted molar refractivity (Wildman–Crippen MR) is 121 cm³/mol. The van der Waals surface area contributed by atoms with Crippen LogP contribution in [0.25, 0.3) is 0 Å². The Kier molecular flexibility index (Phi) is 8.21. The lowest BCUT2D eigenvalue weighted by molar-refractivity contribution is -0.856. The summed E-state index contributed by atoms with van der Waals surface area (Å²) in [4.78, 5) is 27.0. The molecule has 1 aliphatic heterocycles. The van der Waals surface area contributed by atoms with Gasteiger partial charge in [-0.15, -0.1) is 0 Å². The van der Waals surface area contributed by atoms with Gasteiger partial charge in [-0.3, -0.25) is 5.32 Å². The van der Waals surface area contributed by atoms with E-state index in [-0.39, 0.29) is 17.6 Å². The van der Waals surface area contributed by atoms with Crippen molar-refractivity contribution in [2.24, 2.45) is 11.8 Å². The second kappa shape index (κ2) is 11.1. The maximum absolute atomic E-state index is 13.4. The fraction of sp³-hybridized carbons (Fsp3) is 0.913. The first kappa shape index (κ1) is 22.3. The highest BCUT2D eigenvalue weighted by atomic mass is 32.2. The molecule has 2 unspecified atom stereocenters. The number of carbonyl (C=O) groups is 2. The first-order valence-electron chi connectivity index (χ1n) is 12.6. The minimum absolute atomic E-state index is 0.0984. The number of hydrogen-bond donors (Lipinski definition) is 3. The Bertz CT molecular complexity index is 572. The Balaban J connectivity index is 1.35. The van der Waals surface area contributed by atoms with Crippen molar-refractivity contribution in [3.05, 3.63) is 0 Å². The second-order valence-corrected chi connectivity index (χ2v) is 11.1. The first-order valence-corrected chi connectivity index (χ1v) is 13.4. The number of nitrogens with zero attached hydrogens (tertiary/aromatic N) is 1. The quantitative estimate of drug-likeness (QED) is 0.550. The van der Waals surface area contributed by atoms with Crippen LogP contribution in [0.2, 0.25) is 0 Å². The summed E-state index contributed by atoms with van der Waals surface area (Å²) < 4.78 is 1.99. The van der Waals surface area contributed by atoms with E-state index in [9.17, 15) is 9.59 Å². The molecule has 1 heterocycles. The standard InChI is InChI=1S/C23H40N4O2S/c28-21(24-16-18-10-4-1-5-11-18)25-22-27(20-14-8-3-9-15-20)23(29)26(30-22)17-19-12-6-2-7-13-19/h18-20,22H,1-17H2,(H2,24,25,28)/p+1. The molecule has 6 nitrogen and oxygen atoms in total. The van der Waals surface area contributed by atoms with Crippen LogP contribution in [0.3, 0.4) is 0 Å². The molecule has 3 N–H and O–H groups in total. The van der Waals surface area contributed by atoms with E-state index in [1.807, 2.05) is 4.31 Å². The number of hydrogen-bond acceptors (Lipinski definition) is 3. The Morgan fingerprint density at radius 1 is 0.867 bits per heavy atom. The van der Waals surface area contributed by atoms with Crippen LogP contribution in [0.5, 0.6) is 0 Å². The summed E-state index contributed by atoms with van der Waals surface area (Å²) in [6, 6.07) is 0.451. The summed E-state index contributed by atoms with van der Waals surface area (Å²) in [7, 11) is 0. The molecular weight excluding hydrogens is 396 g/mol. The molecule has 3 saturated carbocycles. The maximum atomic E-state index is 13.4. The average molecular weight is 438 g/mol. The SMILES string of the molecule is O=C(NCC1CCCCC1)NC1SN(CC2CCCCC2)C(=O)[NH+]1C1CCCCC1. The molecule has 0 aromatic heterocycles. The first-order chi connectivity index (χ1) is 14.7. The monoisotopic (exact) mass is 437 g/mol. The van der Waals surface area contributed by atoms with Gasteiger partial charge in [0, 0.05) is 37.9 Å². The lowest BCUT2D eigenvalue weighted by atomic mass is 9.89. The summed E-state index contributed by atoms with van der Waals surface area (Å²) in [5.41, 5.74) is -0.185. The van der Waals surface area contributed by atoms with Gasteiger partial charge in [-0.2, -0.15) is 0 Å². The molecule has 0 aromatic rings. The van der Waals surface area contributed by atoms with Crippen molar-refractivity contribution in [3.8, 4) is 0 Å². The lowest BCUT2D eigenvalue weighted by Gasteiger charge is -2.29. The van der Waals surface area contributed by atoms with Gasteiger partial charge in [-0.25, -0.2) is 18.8 Å².